The Kier molecular flexibility index (Phi) is 3.09. The number of nitrogens with one attached hydrogen (secondary N) is 1. The molecule has 9 nitrogen and oxygen atoms in total. The molecule has 0 radical (unpaired) electrons. The average Bonchev–Trinajstić information content (AvgIpc) is 3.14. The topological polar surface area (TPSA) is 121 Å². The summed E-state index contributed by atoms with van der Waals surface area (Å²) in [6, 6.07) is 2.23. The number of hydrogen-bond donors (Lipinski definition) is 1. The van der Waals surface area contributed by atoms with Crippen LogP contribution in [0.2, 0.25) is 0 Å². The summed E-state index contributed by atoms with van der Waals surface area (Å²) >= 11 is 0. The Balaban J connectivity index is 1.50. The molecule has 1 spiro atoms. The predicted molar refractivity (Wildman–Crippen MR) is 104 cm³/mol. The van der Waals surface area contributed by atoms with E-state index >= 15 is 0 Å². The second-order valence-corrected chi connectivity index (χ2v) is 10.6. The van der Waals surface area contributed by atoms with Crippen LogP contribution in [0.1, 0.15) is 37.3 Å². The standard InChI is InChI=1S/C19H19N7O2S/c1-2-29(27,28)25-9-18(10-25,5-6-20)26-8-13-15(24-26)16-14-12(19(13)3-4-19)7-21-17(14)23-11-22-16/h7-8,11H,2-5,9-10H2,1H3,(H,21,22,23). The Bertz CT molecular complexity index is 1320. The van der Waals surface area contributed by atoms with Crippen molar-refractivity contribution in [3.05, 3.63) is 29.8 Å². The van der Waals surface area contributed by atoms with Gasteiger partial charge in [0.1, 0.15) is 28.9 Å². The van der Waals surface area contributed by atoms with Crippen molar-refractivity contribution in [2.45, 2.75) is 37.1 Å². The van der Waals surface area contributed by atoms with Gasteiger partial charge >= 0.3 is 0 Å². The zero-order chi connectivity index (χ0) is 20.0. The number of sulfonamides is 1. The smallest absolute Gasteiger partial charge is 0.213 e. The van der Waals surface area contributed by atoms with Gasteiger partial charge in [-0.05, 0) is 25.3 Å². The lowest BCUT2D eigenvalue weighted by molar-refractivity contribution is 0.0720. The molecule has 0 bridgehead atoms. The average molecular weight is 409 g/mol. The molecule has 3 aromatic rings. The van der Waals surface area contributed by atoms with E-state index in [0.29, 0.717) is 0 Å². The quantitative estimate of drug-likeness (QED) is 0.697. The molecule has 3 aliphatic rings. The molecule has 0 atom stereocenters. The third-order valence-corrected chi connectivity index (χ3v) is 8.56. The lowest BCUT2D eigenvalue weighted by Gasteiger charge is -2.47. The van der Waals surface area contributed by atoms with Crippen molar-refractivity contribution in [2.24, 2.45) is 0 Å². The first-order chi connectivity index (χ1) is 13.9. The third-order valence-electron chi connectivity index (χ3n) is 6.78. The summed E-state index contributed by atoms with van der Waals surface area (Å²) in [5.41, 5.74) is 4.08. The second kappa shape index (κ2) is 5.23. The molecule has 0 aromatic carbocycles. The maximum Gasteiger partial charge on any atom is 0.213 e. The van der Waals surface area contributed by atoms with Crippen LogP contribution in [0.3, 0.4) is 0 Å². The van der Waals surface area contributed by atoms with Gasteiger partial charge in [-0.15, -0.1) is 0 Å². The predicted octanol–water partition coefficient (Wildman–Crippen LogP) is 1.49. The molecule has 0 amide bonds. The summed E-state index contributed by atoms with van der Waals surface area (Å²) in [7, 11) is -3.28. The highest BCUT2D eigenvalue weighted by Crippen LogP contribution is 2.60. The number of aromatic amines is 1. The summed E-state index contributed by atoms with van der Waals surface area (Å²) in [5.74, 6) is 0.0581. The van der Waals surface area contributed by atoms with Crippen LogP contribution in [0.15, 0.2) is 18.7 Å². The van der Waals surface area contributed by atoms with Gasteiger partial charge in [-0.3, -0.25) is 4.68 Å². The van der Waals surface area contributed by atoms with E-state index in [9.17, 15) is 13.7 Å². The van der Waals surface area contributed by atoms with Gasteiger partial charge in [-0.2, -0.15) is 14.7 Å². The van der Waals surface area contributed by atoms with Crippen LogP contribution >= 0.6 is 0 Å². The Labute approximate surface area is 167 Å². The molecule has 2 fully saturated rings. The minimum Gasteiger partial charge on any atom is -0.346 e. The van der Waals surface area contributed by atoms with Gasteiger partial charge in [0.25, 0.3) is 0 Å². The van der Waals surface area contributed by atoms with E-state index in [1.54, 1.807) is 6.92 Å². The van der Waals surface area contributed by atoms with Crippen molar-refractivity contribution in [2.75, 3.05) is 18.8 Å². The van der Waals surface area contributed by atoms with Crippen molar-refractivity contribution in [3.8, 4) is 17.5 Å². The molecule has 3 aromatic heterocycles. The summed E-state index contributed by atoms with van der Waals surface area (Å²) in [6.45, 7) is 2.19. The first-order valence-corrected chi connectivity index (χ1v) is 11.3. The van der Waals surface area contributed by atoms with Crippen LogP contribution in [-0.2, 0) is 21.0 Å². The van der Waals surface area contributed by atoms with Gasteiger partial charge in [-0.1, -0.05) is 0 Å². The van der Waals surface area contributed by atoms with Gasteiger partial charge in [0.15, 0.2) is 0 Å². The fraction of sp³-hybridized carbons (Fsp3) is 0.474. The molecule has 10 heteroatoms. The van der Waals surface area contributed by atoms with Crippen LogP contribution in [0.25, 0.3) is 22.4 Å². The Morgan fingerprint density at radius 2 is 2.03 bits per heavy atom. The first-order valence-electron chi connectivity index (χ1n) is 9.72. The first kappa shape index (κ1) is 17.1. The van der Waals surface area contributed by atoms with Gasteiger partial charge in [0, 0.05) is 36.5 Å². The molecule has 2 aliphatic carbocycles. The number of fused-ring (bicyclic) bond motifs is 4. The molecular weight excluding hydrogens is 390 g/mol. The molecule has 4 heterocycles. The molecule has 1 aliphatic heterocycles. The number of nitriles is 1. The van der Waals surface area contributed by atoms with E-state index < -0.39 is 15.6 Å². The minimum atomic E-state index is -3.28. The van der Waals surface area contributed by atoms with Gasteiger partial charge < -0.3 is 4.98 Å². The number of hydrogen-bond acceptors (Lipinski definition) is 6. The van der Waals surface area contributed by atoms with Gasteiger partial charge in [0.2, 0.25) is 10.0 Å². The second-order valence-electron chi connectivity index (χ2n) is 8.29. The zero-order valence-corrected chi connectivity index (χ0v) is 16.7. The van der Waals surface area contributed by atoms with E-state index in [-0.39, 0.29) is 30.7 Å². The summed E-state index contributed by atoms with van der Waals surface area (Å²) < 4.78 is 27.8. The highest BCUT2D eigenvalue weighted by atomic mass is 32.2. The number of nitrogens with zero attached hydrogens (tertiary/aromatic N) is 6. The molecule has 1 N–H and O–H groups in total. The number of H-pyrrole nitrogens is 1. The normalized spacial score (nSPS) is 21.0. The fourth-order valence-corrected chi connectivity index (χ4v) is 6.18. The zero-order valence-electron chi connectivity index (χ0n) is 15.9. The molecule has 0 unspecified atom stereocenters. The van der Waals surface area contributed by atoms with E-state index in [1.807, 2.05) is 17.1 Å². The molecular formula is C19H19N7O2S. The van der Waals surface area contributed by atoms with E-state index in [2.05, 4.69) is 21.0 Å². The lowest BCUT2D eigenvalue weighted by Crippen LogP contribution is -2.64. The van der Waals surface area contributed by atoms with Crippen LogP contribution < -0.4 is 0 Å². The highest BCUT2D eigenvalue weighted by Gasteiger charge is 2.55. The number of aromatic nitrogens is 5. The molecule has 29 heavy (non-hydrogen) atoms. The Morgan fingerprint density at radius 1 is 1.24 bits per heavy atom. The lowest BCUT2D eigenvalue weighted by atomic mass is 9.82. The molecule has 1 saturated heterocycles. The van der Waals surface area contributed by atoms with E-state index in [4.69, 9.17) is 5.10 Å². The van der Waals surface area contributed by atoms with Crippen LogP contribution in [0.5, 0.6) is 0 Å². The van der Waals surface area contributed by atoms with Crippen LogP contribution in [-0.4, -0.2) is 56.3 Å². The fourth-order valence-electron chi connectivity index (χ4n) is 4.94. The third kappa shape index (κ3) is 2.01. The summed E-state index contributed by atoms with van der Waals surface area (Å²) in [4.78, 5) is 12.1. The van der Waals surface area contributed by atoms with Crippen LogP contribution in [0, 0.1) is 11.3 Å². The Hall–Kier alpha value is -2.77. The highest BCUT2D eigenvalue weighted by molar-refractivity contribution is 7.89. The molecule has 6 rings (SSSR count). The molecule has 1 saturated carbocycles. The van der Waals surface area contributed by atoms with E-state index in [0.717, 1.165) is 40.8 Å². The van der Waals surface area contributed by atoms with Crippen LogP contribution in [0.4, 0.5) is 0 Å². The monoisotopic (exact) mass is 409 g/mol. The summed E-state index contributed by atoms with van der Waals surface area (Å²) in [5, 5.41) is 15.4. The largest absolute Gasteiger partial charge is 0.346 e. The minimum absolute atomic E-state index is 0.0581. The van der Waals surface area contributed by atoms with Crippen molar-refractivity contribution in [3.63, 3.8) is 0 Å². The van der Waals surface area contributed by atoms with E-state index in [1.165, 1.54) is 16.2 Å². The Morgan fingerprint density at radius 3 is 2.72 bits per heavy atom. The van der Waals surface area contributed by atoms with Crippen molar-refractivity contribution >= 4 is 21.1 Å². The van der Waals surface area contributed by atoms with Crippen molar-refractivity contribution in [1.82, 2.24) is 29.0 Å². The maximum absolute atomic E-state index is 12.2. The van der Waals surface area contributed by atoms with Gasteiger partial charge in [0.05, 0.1) is 23.6 Å². The van der Waals surface area contributed by atoms with Crippen molar-refractivity contribution in [1.29, 1.82) is 5.26 Å². The summed E-state index contributed by atoms with van der Waals surface area (Å²) in [6.07, 6.45) is 7.88. The number of rotatable bonds is 4. The molecule has 148 valence electrons. The van der Waals surface area contributed by atoms with Crippen molar-refractivity contribution < 1.29 is 8.42 Å². The SMILES string of the molecule is CCS(=O)(=O)N1CC(CC#N)(n2cc3c(n2)-c2ncnc4[nH]cc(c24)C32CC2)C1. The van der Waals surface area contributed by atoms with Gasteiger partial charge in [-0.25, -0.2) is 18.4 Å². The maximum atomic E-state index is 12.2.